The molecule has 0 aromatic heterocycles. The lowest BCUT2D eigenvalue weighted by Gasteiger charge is -2.15. The Labute approximate surface area is 132 Å². The van der Waals surface area contributed by atoms with E-state index in [2.05, 4.69) is 6.92 Å². The van der Waals surface area contributed by atoms with Crippen LogP contribution in [-0.4, -0.2) is 39.6 Å². The third kappa shape index (κ3) is 7.14. The first-order chi connectivity index (χ1) is 10.2. The van der Waals surface area contributed by atoms with E-state index in [1.54, 1.807) is 7.11 Å². The van der Waals surface area contributed by atoms with E-state index in [-0.39, 0.29) is 6.04 Å². The van der Waals surface area contributed by atoms with E-state index in [0.29, 0.717) is 31.5 Å². The summed E-state index contributed by atoms with van der Waals surface area (Å²) < 4.78 is 16.2. The highest BCUT2D eigenvalue weighted by molar-refractivity contribution is 6.32. The number of halogens is 1. The van der Waals surface area contributed by atoms with E-state index in [4.69, 9.17) is 31.5 Å². The van der Waals surface area contributed by atoms with Gasteiger partial charge in [0.25, 0.3) is 0 Å². The third-order valence-corrected chi connectivity index (χ3v) is 3.46. The second kappa shape index (κ2) is 10.9. The summed E-state index contributed by atoms with van der Waals surface area (Å²) in [6, 6.07) is 5.89. The summed E-state index contributed by atoms with van der Waals surface area (Å²) in [7, 11) is 1.68. The maximum Gasteiger partial charge on any atom is 0.141 e. The zero-order valence-electron chi connectivity index (χ0n) is 12.9. The van der Waals surface area contributed by atoms with Gasteiger partial charge in [-0.15, -0.1) is 0 Å². The predicted octanol–water partition coefficient (Wildman–Crippen LogP) is 3.05. The van der Waals surface area contributed by atoms with Gasteiger partial charge in [0, 0.05) is 26.4 Å². The van der Waals surface area contributed by atoms with Crippen molar-refractivity contribution < 1.29 is 14.2 Å². The van der Waals surface area contributed by atoms with Crippen LogP contribution in [0.1, 0.15) is 25.3 Å². The predicted molar refractivity (Wildman–Crippen MR) is 86.2 cm³/mol. The molecule has 1 aromatic carbocycles. The van der Waals surface area contributed by atoms with Crippen LogP contribution in [0.15, 0.2) is 18.2 Å². The molecule has 0 aliphatic carbocycles. The number of methoxy groups -OCH3 is 1. The summed E-state index contributed by atoms with van der Waals surface area (Å²) in [5.41, 5.74) is 7.06. The highest BCUT2D eigenvalue weighted by Gasteiger charge is 2.11. The molecule has 4 nitrogen and oxygen atoms in total. The fraction of sp³-hybridized carbons (Fsp3) is 0.625. The van der Waals surface area contributed by atoms with Crippen LogP contribution in [0.5, 0.6) is 5.75 Å². The normalized spacial score (nSPS) is 12.4. The van der Waals surface area contributed by atoms with E-state index in [0.717, 1.165) is 30.6 Å². The van der Waals surface area contributed by atoms with Gasteiger partial charge < -0.3 is 19.9 Å². The minimum Gasteiger partial charge on any atom is -0.489 e. The lowest BCUT2D eigenvalue weighted by molar-refractivity contribution is 0.0804. The zero-order valence-corrected chi connectivity index (χ0v) is 13.7. The summed E-state index contributed by atoms with van der Waals surface area (Å²) in [6.45, 7) is 4.47. The van der Waals surface area contributed by atoms with Crippen molar-refractivity contribution >= 4 is 11.6 Å². The number of rotatable bonds is 11. The number of nitrogens with two attached hydrogens (primary N) is 1. The monoisotopic (exact) mass is 315 g/mol. The Morgan fingerprint density at radius 3 is 2.71 bits per heavy atom. The molecule has 0 saturated heterocycles. The highest BCUT2D eigenvalue weighted by atomic mass is 35.5. The van der Waals surface area contributed by atoms with Crippen LogP contribution in [0.3, 0.4) is 0 Å². The average Bonchev–Trinajstić information content (AvgIpc) is 2.48. The topological polar surface area (TPSA) is 53.7 Å². The first kappa shape index (κ1) is 18.2. The van der Waals surface area contributed by atoms with E-state index in [1.165, 1.54) is 0 Å². The first-order valence-electron chi connectivity index (χ1n) is 7.41. The Bertz CT molecular complexity index is 401. The number of benzene rings is 1. The molecule has 0 bridgehead atoms. The van der Waals surface area contributed by atoms with Crippen LogP contribution in [-0.2, 0) is 15.9 Å². The highest BCUT2D eigenvalue weighted by Crippen LogP contribution is 2.29. The van der Waals surface area contributed by atoms with E-state index >= 15 is 0 Å². The lowest BCUT2D eigenvalue weighted by Crippen LogP contribution is -2.22. The molecule has 2 N–H and O–H groups in total. The van der Waals surface area contributed by atoms with Gasteiger partial charge in [-0.05, 0) is 30.9 Å². The minimum atomic E-state index is 0.121. The van der Waals surface area contributed by atoms with Gasteiger partial charge >= 0.3 is 0 Å². The fourth-order valence-electron chi connectivity index (χ4n) is 1.91. The number of hydrogen-bond donors (Lipinski definition) is 1. The minimum absolute atomic E-state index is 0.121. The van der Waals surface area contributed by atoms with Crippen molar-refractivity contribution in [2.75, 3.05) is 33.5 Å². The van der Waals surface area contributed by atoms with Crippen LogP contribution < -0.4 is 10.5 Å². The summed E-state index contributed by atoms with van der Waals surface area (Å²) in [6.07, 6.45) is 2.58. The number of hydrogen-bond acceptors (Lipinski definition) is 4. The maximum atomic E-state index is 6.21. The molecule has 0 saturated carbocycles. The van der Waals surface area contributed by atoms with Crippen molar-refractivity contribution in [3.8, 4) is 5.75 Å². The van der Waals surface area contributed by atoms with Gasteiger partial charge in [0.1, 0.15) is 12.4 Å². The van der Waals surface area contributed by atoms with Crippen molar-refractivity contribution in [1.82, 2.24) is 0 Å². The third-order valence-electron chi connectivity index (χ3n) is 3.17. The van der Waals surface area contributed by atoms with Gasteiger partial charge in [-0.2, -0.15) is 0 Å². The fourth-order valence-corrected chi connectivity index (χ4v) is 2.16. The standard InChI is InChI=1S/C16H26ClNO3/c1-3-14(18)12-13-6-4-7-15(17)16(13)21-11-10-20-9-5-8-19-2/h4,6-7,14H,3,5,8-12,18H2,1-2H3. The Kier molecular flexibility index (Phi) is 9.42. The molecule has 0 aliphatic rings. The molecule has 1 rings (SSSR count). The Morgan fingerprint density at radius 2 is 2.00 bits per heavy atom. The van der Waals surface area contributed by atoms with E-state index in [1.807, 2.05) is 18.2 Å². The summed E-state index contributed by atoms with van der Waals surface area (Å²) in [4.78, 5) is 0. The van der Waals surface area contributed by atoms with Crippen LogP contribution in [0.2, 0.25) is 5.02 Å². The molecule has 0 spiro atoms. The second-order valence-electron chi connectivity index (χ2n) is 4.91. The largest absolute Gasteiger partial charge is 0.489 e. The summed E-state index contributed by atoms with van der Waals surface area (Å²) >= 11 is 6.21. The summed E-state index contributed by atoms with van der Waals surface area (Å²) in [5.74, 6) is 0.726. The molecule has 0 fully saturated rings. The van der Waals surface area contributed by atoms with Crippen LogP contribution >= 0.6 is 11.6 Å². The van der Waals surface area contributed by atoms with Gasteiger partial charge in [0.15, 0.2) is 0 Å². The van der Waals surface area contributed by atoms with Crippen LogP contribution in [0, 0.1) is 0 Å². The van der Waals surface area contributed by atoms with Gasteiger partial charge in [0.05, 0.1) is 11.6 Å². The Hall–Kier alpha value is -0.810. The van der Waals surface area contributed by atoms with Gasteiger partial charge in [-0.25, -0.2) is 0 Å². The molecule has 1 aromatic rings. The van der Waals surface area contributed by atoms with Crippen LogP contribution in [0.4, 0.5) is 0 Å². The SMILES string of the molecule is CCC(N)Cc1cccc(Cl)c1OCCOCCCOC. The molecule has 120 valence electrons. The van der Waals surface area contributed by atoms with E-state index < -0.39 is 0 Å². The van der Waals surface area contributed by atoms with Crippen LogP contribution in [0.25, 0.3) is 0 Å². The van der Waals surface area contributed by atoms with Crippen molar-refractivity contribution in [2.24, 2.45) is 5.73 Å². The molecule has 5 heteroatoms. The lowest BCUT2D eigenvalue weighted by atomic mass is 10.0. The smallest absolute Gasteiger partial charge is 0.141 e. The molecule has 1 unspecified atom stereocenters. The van der Waals surface area contributed by atoms with Crippen molar-refractivity contribution in [3.63, 3.8) is 0 Å². The second-order valence-corrected chi connectivity index (χ2v) is 5.31. The van der Waals surface area contributed by atoms with Gasteiger partial charge in [-0.1, -0.05) is 30.7 Å². The van der Waals surface area contributed by atoms with Gasteiger partial charge in [0.2, 0.25) is 0 Å². The molecule has 0 aliphatic heterocycles. The molecular formula is C16H26ClNO3. The Balaban J connectivity index is 2.42. The molecule has 21 heavy (non-hydrogen) atoms. The first-order valence-corrected chi connectivity index (χ1v) is 7.79. The van der Waals surface area contributed by atoms with Gasteiger partial charge in [-0.3, -0.25) is 0 Å². The maximum absolute atomic E-state index is 6.21. The zero-order chi connectivity index (χ0) is 15.5. The van der Waals surface area contributed by atoms with Crippen molar-refractivity contribution in [1.29, 1.82) is 0 Å². The quantitative estimate of drug-likeness (QED) is 0.638. The number of ether oxygens (including phenoxy) is 3. The molecular weight excluding hydrogens is 290 g/mol. The number of para-hydroxylation sites is 1. The molecule has 0 heterocycles. The van der Waals surface area contributed by atoms with Crippen molar-refractivity contribution in [2.45, 2.75) is 32.2 Å². The Morgan fingerprint density at radius 1 is 1.19 bits per heavy atom. The van der Waals surface area contributed by atoms with Crippen molar-refractivity contribution in [3.05, 3.63) is 28.8 Å². The molecule has 1 atom stereocenters. The molecule has 0 radical (unpaired) electrons. The average molecular weight is 316 g/mol. The molecule has 0 amide bonds. The van der Waals surface area contributed by atoms with E-state index in [9.17, 15) is 0 Å². The summed E-state index contributed by atoms with van der Waals surface area (Å²) in [5, 5.41) is 0.621.